The van der Waals surface area contributed by atoms with E-state index in [-0.39, 0.29) is 18.0 Å². The zero-order valence-electron chi connectivity index (χ0n) is 12.3. The standard InChI is InChI=1S/C16H19BrN2OS/c1-11(2)19-10-12(17)9-14(19)16(20)18-7-3-5-13(18)15-6-4-8-21-15/h4,6,8-11,13H,3,5,7H2,1-2H3. The summed E-state index contributed by atoms with van der Waals surface area (Å²) in [6, 6.07) is 6.66. The summed E-state index contributed by atoms with van der Waals surface area (Å²) in [5.41, 5.74) is 0.778. The molecule has 1 atom stereocenters. The van der Waals surface area contributed by atoms with Crippen LogP contribution in [0.25, 0.3) is 0 Å². The molecule has 3 heterocycles. The van der Waals surface area contributed by atoms with E-state index in [2.05, 4.69) is 51.9 Å². The van der Waals surface area contributed by atoms with Gasteiger partial charge in [0.25, 0.3) is 5.91 Å². The molecule has 1 fully saturated rings. The van der Waals surface area contributed by atoms with E-state index in [1.54, 1.807) is 11.3 Å². The van der Waals surface area contributed by atoms with E-state index in [0.717, 1.165) is 29.6 Å². The predicted octanol–water partition coefficient (Wildman–Crippen LogP) is 4.87. The lowest BCUT2D eigenvalue weighted by molar-refractivity contribution is 0.0725. The molecule has 21 heavy (non-hydrogen) atoms. The largest absolute Gasteiger partial charge is 0.340 e. The molecule has 0 bridgehead atoms. The molecule has 1 aliphatic rings. The van der Waals surface area contributed by atoms with Gasteiger partial charge < -0.3 is 9.47 Å². The Bertz CT molecular complexity index is 633. The molecule has 0 radical (unpaired) electrons. The Kier molecular flexibility index (Phi) is 4.22. The quantitative estimate of drug-likeness (QED) is 0.760. The molecule has 3 nitrogen and oxygen atoms in total. The van der Waals surface area contributed by atoms with Crippen molar-refractivity contribution in [1.82, 2.24) is 9.47 Å². The number of rotatable bonds is 3. The van der Waals surface area contributed by atoms with Gasteiger partial charge in [-0.3, -0.25) is 4.79 Å². The summed E-state index contributed by atoms with van der Waals surface area (Å²) in [6.07, 6.45) is 4.14. The van der Waals surface area contributed by atoms with E-state index >= 15 is 0 Å². The molecule has 1 unspecified atom stereocenters. The monoisotopic (exact) mass is 366 g/mol. The van der Waals surface area contributed by atoms with Crippen molar-refractivity contribution in [2.75, 3.05) is 6.54 Å². The van der Waals surface area contributed by atoms with Gasteiger partial charge in [0.05, 0.1) is 6.04 Å². The van der Waals surface area contributed by atoms with Crippen molar-refractivity contribution in [1.29, 1.82) is 0 Å². The van der Waals surface area contributed by atoms with Crippen molar-refractivity contribution in [3.63, 3.8) is 0 Å². The van der Waals surface area contributed by atoms with E-state index in [1.807, 2.05) is 17.2 Å². The van der Waals surface area contributed by atoms with Crippen LogP contribution in [0.5, 0.6) is 0 Å². The number of hydrogen-bond donors (Lipinski definition) is 0. The second kappa shape index (κ2) is 5.97. The van der Waals surface area contributed by atoms with Crippen LogP contribution in [-0.2, 0) is 0 Å². The van der Waals surface area contributed by atoms with Crippen molar-refractivity contribution in [2.45, 2.75) is 38.8 Å². The Morgan fingerprint density at radius 3 is 2.95 bits per heavy atom. The molecule has 2 aromatic heterocycles. The van der Waals surface area contributed by atoms with E-state index in [0.29, 0.717) is 0 Å². The number of carbonyl (C=O) groups excluding carboxylic acids is 1. The highest BCUT2D eigenvalue weighted by atomic mass is 79.9. The molecule has 3 rings (SSSR count). The summed E-state index contributed by atoms with van der Waals surface area (Å²) >= 11 is 5.23. The van der Waals surface area contributed by atoms with E-state index in [4.69, 9.17) is 0 Å². The van der Waals surface area contributed by atoms with Gasteiger partial charge in [-0.1, -0.05) is 6.07 Å². The lowest BCUT2D eigenvalue weighted by Crippen LogP contribution is -2.32. The lowest BCUT2D eigenvalue weighted by Gasteiger charge is -2.25. The van der Waals surface area contributed by atoms with Gasteiger partial charge in [0.1, 0.15) is 5.69 Å². The van der Waals surface area contributed by atoms with Gasteiger partial charge in [0.2, 0.25) is 0 Å². The Morgan fingerprint density at radius 1 is 1.48 bits per heavy atom. The topological polar surface area (TPSA) is 25.2 Å². The number of carbonyl (C=O) groups is 1. The fourth-order valence-corrected chi connectivity index (χ4v) is 4.29. The van der Waals surface area contributed by atoms with Gasteiger partial charge in [-0.2, -0.15) is 0 Å². The summed E-state index contributed by atoms with van der Waals surface area (Å²) in [6.45, 7) is 5.05. The van der Waals surface area contributed by atoms with Crippen LogP contribution in [0.1, 0.15) is 54.1 Å². The minimum absolute atomic E-state index is 0.144. The van der Waals surface area contributed by atoms with Gasteiger partial charge in [-0.15, -0.1) is 11.3 Å². The first-order chi connectivity index (χ1) is 10.1. The molecule has 0 spiro atoms. The van der Waals surface area contributed by atoms with Crippen molar-refractivity contribution in [3.8, 4) is 0 Å². The molecular formula is C16H19BrN2OS. The highest BCUT2D eigenvalue weighted by Gasteiger charge is 2.32. The van der Waals surface area contributed by atoms with Crippen LogP contribution in [0.3, 0.4) is 0 Å². The molecule has 1 saturated heterocycles. The van der Waals surface area contributed by atoms with E-state index in [1.165, 1.54) is 4.88 Å². The number of amides is 1. The molecule has 0 aromatic carbocycles. The Morgan fingerprint density at radius 2 is 2.29 bits per heavy atom. The van der Waals surface area contributed by atoms with Crippen LogP contribution in [0, 0.1) is 0 Å². The van der Waals surface area contributed by atoms with Crippen molar-refractivity contribution in [2.24, 2.45) is 0 Å². The molecule has 1 amide bonds. The van der Waals surface area contributed by atoms with Crippen LogP contribution in [0.4, 0.5) is 0 Å². The maximum absolute atomic E-state index is 13.0. The lowest BCUT2D eigenvalue weighted by atomic mass is 10.2. The summed E-state index contributed by atoms with van der Waals surface area (Å²) in [4.78, 5) is 16.3. The number of likely N-dealkylation sites (tertiary alicyclic amines) is 1. The zero-order valence-corrected chi connectivity index (χ0v) is 14.7. The first-order valence-corrected chi connectivity index (χ1v) is 8.97. The van der Waals surface area contributed by atoms with Crippen molar-refractivity contribution in [3.05, 3.63) is 44.8 Å². The fourth-order valence-electron chi connectivity index (χ4n) is 2.98. The number of hydrogen-bond acceptors (Lipinski definition) is 2. The minimum atomic E-state index is 0.144. The second-order valence-corrected chi connectivity index (χ2v) is 7.61. The second-order valence-electron chi connectivity index (χ2n) is 5.72. The van der Waals surface area contributed by atoms with Gasteiger partial charge in [0, 0.05) is 28.1 Å². The van der Waals surface area contributed by atoms with E-state index < -0.39 is 0 Å². The normalized spacial score (nSPS) is 18.7. The first-order valence-electron chi connectivity index (χ1n) is 7.29. The molecule has 2 aromatic rings. The molecule has 0 aliphatic carbocycles. The average molecular weight is 367 g/mol. The Balaban J connectivity index is 1.91. The number of nitrogens with zero attached hydrogens (tertiary/aromatic N) is 2. The molecule has 112 valence electrons. The van der Waals surface area contributed by atoms with Gasteiger partial charge in [-0.05, 0) is 60.1 Å². The van der Waals surface area contributed by atoms with Gasteiger partial charge in [-0.25, -0.2) is 0 Å². The summed E-state index contributed by atoms with van der Waals surface area (Å²) in [7, 11) is 0. The molecule has 0 N–H and O–H groups in total. The maximum atomic E-state index is 13.0. The van der Waals surface area contributed by atoms with Crippen LogP contribution < -0.4 is 0 Å². The summed E-state index contributed by atoms with van der Waals surface area (Å²) in [5.74, 6) is 0.144. The first kappa shape index (κ1) is 14.9. The maximum Gasteiger partial charge on any atom is 0.271 e. The Labute approximate surface area is 137 Å². The van der Waals surface area contributed by atoms with Crippen LogP contribution in [-0.4, -0.2) is 21.9 Å². The van der Waals surface area contributed by atoms with Gasteiger partial charge >= 0.3 is 0 Å². The highest BCUT2D eigenvalue weighted by molar-refractivity contribution is 9.10. The molecular weight excluding hydrogens is 348 g/mol. The highest BCUT2D eigenvalue weighted by Crippen LogP contribution is 2.36. The number of halogens is 1. The van der Waals surface area contributed by atoms with Crippen LogP contribution in [0.2, 0.25) is 0 Å². The van der Waals surface area contributed by atoms with Crippen LogP contribution >= 0.6 is 27.3 Å². The SMILES string of the molecule is CC(C)n1cc(Br)cc1C(=O)N1CCCC1c1cccs1. The molecule has 0 saturated carbocycles. The minimum Gasteiger partial charge on any atom is -0.340 e. The zero-order chi connectivity index (χ0) is 15.0. The fraction of sp³-hybridized carbons (Fsp3) is 0.438. The van der Waals surface area contributed by atoms with Gasteiger partial charge in [0.15, 0.2) is 0 Å². The summed E-state index contributed by atoms with van der Waals surface area (Å²) in [5, 5.41) is 2.09. The third kappa shape index (κ3) is 2.81. The van der Waals surface area contributed by atoms with Crippen molar-refractivity contribution >= 4 is 33.2 Å². The summed E-state index contributed by atoms with van der Waals surface area (Å²) < 4.78 is 3.02. The Hall–Kier alpha value is -1.07. The average Bonchev–Trinajstić information content (AvgIpc) is 3.17. The van der Waals surface area contributed by atoms with Crippen molar-refractivity contribution < 1.29 is 4.79 Å². The van der Waals surface area contributed by atoms with Crippen LogP contribution in [0.15, 0.2) is 34.2 Å². The smallest absolute Gasteiger partial charge is 0.271 e. The number of aromatic nitrogens is 1. The molecule has 5 heteroatoms. The van der Waals surface area contributed by atoms with E-state index in [9.17, 15) is 4.79 Å². The number of thiophene rings is 1. The third-order valence-electron chi connectivity index (χ3n) is 3.98. The molecule has 1 aliphatic heterocycles. The predicted molar refractivity (Wildman–Crippen MR) is 89.8 cm³/mol. The third-order valence-corrected chi connectivity index (χ3v) is 5.38.